The summed E-state index contributed by atoms with van der Waals surface area (Å²) in [6.45, 7) is 0.262. The normalized spacial score (nSPS) is 16.6. The summed E-state index contributed by atoms with van der Waals surface area (Å²) in [5.41, 5.74) is 2.91. The number of carbonyl (C=O) groups excluding carboxylic acids is 1. The maximum Gasteiger partial charge on any atom is 0.182 e. The molecule has 0 saturated carbocycles. The largest absolute Gasteiger partial charge is 0.394 e. The summed E-state index contributed by atoms with van der Waals surface area (Å²) < 4.78 is 0. The molecule has 1 aliphatic rings. The Morgan fingerprint density at radius 3 is 2.35 bits per heavy atom. The quantitative estimate of drug-likeness (QED) is 0.862. The first kappa shape index (κ1) is 15.3. The molecule has 1 atom stereocenters. The number of aliphatic hydroxyl groups is 1. The van der Waals surface area contributed by atoms with E-state index in [1.807, 2.05) is 83.9 Å². The van der Waals surface area contributed by atoms with Crippen LogP contribution in [0.1, 0.15) is 10.4 Å². The highest BCUT2D eigenvalue weighted by Gasteiger charge is 2.17. The summed E-state index contributed by atoms with van der Waals surface area (Å²) in [7, 11) is 0. The van der Waals surface area contributed by atoms with Gasteiger partial charge in [-0.3, -0.25) is 4.79 Å². The van der Waals surface area contributed by atoms with Crippen molar-refractivity contribution < 1.29 is 9.90 Å². The Hall–Kier alpha value is -2.65. The molecule has 0 aromatic heterocycles. The minimum atomic E-state index is -0.132. The molecule has 116 valence electrons. The lowest BCUT2D eigenvalue weighted by atomic mass is 10.0. The van der Waals surface area contributed by atoms with Crippen LogP contribution in [0.4, 0.5) is 0 Å². The van der Waals surface area contributed by atoms with Gasteiger partial charge in [0, 0.05) is 11.8 Å². The van der Waals surface area contributed by atoms with Gasteiger partial charge in [-0.2, -0.15) is 0 Å². The van der Waals surface area contributed by atoms with Gasteiger partial charge in [0.1, 0.15) is 0 Å². The van der Waals surface area contributed by atoms with Crippen molar-refractivity contribution >= 4 is 5.78 Å². The van der Waals surface area contributed by atoms with Crippen LogP contribution in [0.25, 0.3) is 11.1 Å². The molecule has 3 nitrogen and oxygen atoms in total. The van der Waals surface area contributed by atoms with E-state index in [9.17, 15) is 9.90 Å². The van der Waals surface area contributed by atoms with Gasteiger partial charge in [-0.05, 0) is 17.2 Å². The number of Topliss-reactive ketones (excluding diaryl/α,β-unsaturated/α-hetero) is 1. The molecule has 0 aliphatic carbocycles. The number of hydrogen-bond acceptors (Lipinski definition) is 3. The average molecular weight is 305 g/mol. The summed E-state index contributed by atoms with van der Waals surface area (Å²) in [5.74, 6) is 0.0445. The Morgan fingerprint density at radius 2 is 1.65 bits per heavy atom. The van der Waals surface area contributed by atoms with E-state index in [1.165, 1.54) is 0 Å². The van der Waals surface area contributed by atoms with Crippen molar-refractivity contribution in [3.63, 3.8) is 0 Å². The molecule has 2 aromatic carbocycles. The first-order chi connectivity index (χ1) is 11.3. The van der Waals surface area contributed by atoms with Crippen molar-refractivity contribution in [1.82, 2.24) is 4.90 Å². The van der Waals surface area contributed by atoms with Gasteiger partial charge in [-0.15, -0.1) is 0 Å². The SMILES string of the molecule is O=C(CN1C=CC=CC1CO)c1ccc(-c2ccccc2)cc1. The van der Waals surface area contributed by atoms with Crippen molar-refractivity contribution in [1.29, 1.82) is 0 Å². The number of benzene rings is 2. The number of carbonyl (C=O) groups is 1. The zero-order valence-corrected chi connectivity index (χ0v) is 12.8. The van der Waals surface area contributed by atoms with Crippen molar-refractivity contribution in [2.75, 3.05) is 13.2 Å². The van der Waals surface area contributed by atoms with Crippen molar-refractivity contribution in [2.45, 2.75) is 6.04 Å². The number of hydrogen-bond donors (Lipinski definition) is 1. The fourth-order valence-corrected chi connectivity index (χ4v) is 2.65. The number of nitrogens with zero attached hydrogens (tertiary/aromatic N) is 1. The fraction of sp³-hybridized carbons (Fsp3) is 0.150. The Bertz CT molecular complexity index is 717. The molecule has 3 heteroatoms. The monoisotopic (exact) mass is 305 g/mol. The maximum absolute atomic E-state index is 12.4. The first-order valence-corrected chi connectivity index (χ1v) is 7.68. The third kappa shape index (κ3) is 3.58. The summed E-state index contributed by atoms with van der Waals surface area (Å²) in [6.07, 6.45) is 7.50. The topological polar surface area (TPSA) is 40.5 Å². The van der Waals surface area contributed by atoms with E-state index in [1.54, 1.807) is 0 Å². The van der Waals surface area contributed by atoms with E-state index in [-0.39, 0.29) is 25.0 Å². The predicted octanol–water partition coefficient (Wildman–Crippen LogP) is 3.28. The molecule has 0 fully saturated rings. The second-order valence-corrected chi connectivity index (χ2v) is 5.52. The van der Waals surface area contributed by atoms with Gasteiger partial charge in [0.2, 0.25) is 0 Å². The molecule has 2 aromatic rings. The third-order valence-corrected chi connectivity index (χ3v) is 3.98. The maximum atomic E-state index is 12.4. The molecule has 3 rings (SSSR count). The number of ketones is 1. The molecule has 0 saturated heterocycles. The smallest absolute Gasteiger partial charge is 0.182 e. The average Bonchev–Trinajstić information content (AvgIpc) is 2.63. The van der Waals surface area contributed by atoms with E-state index in [0.717, 1.165) is 11.1 Å². The van der Waals surface area contributed by atoms with Crippen LogP contribution in [0.5, 0.6) is 0 Å². The molecular formula is C20H19NO2. The van der Waals surface area contributed by atoms with Crippen LogP contribution < -0.4 is 0 Å². The number of aliphatic hydroxyl groups excluding tert-OH is 1. The second-order valence-electron chi connectivity index (χ2n) is 5.52. The highest BCUT2D eigenvalue weighted by atomic mass is 16.3. The van der Waals surface area contributed by atoms with E-state index < -0.39 is 0 Å². The molecule has 0 bridgehead atoms. The lowest BCUT2D eigenvalue weighted by molar-refractivity contribution is 0.0925. The van der Waals surface area contributed by atoms with Crippen molar-refractivity contribution in [2.24, 2.45) is 0 Å². The predicted molar refractivity (Wildman–Crippen MR) is 92.1 cm³/mol. The lowest BCUT2D eigenvalue weighted by Crippen LogP contribution is -2.37. The Balaban J connectivity index is 1.71. The molecule has 0 amide bonds. The molecule has 1 heterocycles. The molecule has 0 spiro atoms. The molecule has 1 N–H and O–H groups in total. The lowest BCUT2D eigenvalue weighted by Gasteiger charge is -2.28. The van der Waals surface area contributed by atoms with Crippen LogP contribution in [0.2, 0.25) is 0 Å². The van der Waals surface area contributed by atoms with Crippen molar-refractivity contribution in [3.8, 4) is 11.1 Å². The van der Waals surface area contributed by atoms with E-state index in [2.05, 4.69) is 0 Å². The minimum absolute atomic E-state index is 0.00106. The van der Waals surface area contributed by atoms with Gasteiger partial charge in [0.15, 0.2) is 5.78 Å². The van der Waals surface area contributed by atoms with Crippen LogP contribution in [0, 0.1) is 0 Å². The van der Waals surface area contributed by atoms with Crippen LogP contribution in [0.3, 0.4) is 0 Å². The van der Waals surface area contributed by atoms with E-state index in [0.29, 0.717) is 5.56 Å². The Kier molecular flexibility index (Phi) is 4.69. The van der Waals surface area contributed by atoms with E-state index >= 15 is 0 Å². The minimum Gasteiger partial charge on any atom is -0.394 e. The molecular weight excluding hydrogens is 286 g/mol. The Labute approximate surface area is 136 Å². The highest BCUT2D eigenvalue weighted by molar-refractivity contribution is 5.98. The number of rotatable bonds is 5. The van der Waals surface area contributed by atoms with Crippen LogP contribution in [0.15, 0.2) is 79.0 Å². The summed E-state index contributed by atoms with van der Waals surface area (Å²) >= 11 is 0. The Morgan fingerprint density at radius 1 is 0.957 bits per heavy atom. The standard InChI is InChI=1S/C20H19NO2/c22-15-19-8-4-5-13-21(19)14-20(23)18-11-9-17(10-12-18)16-6-2-1-3-7-16/h1-13,19,22H,14-15H2. The molecule has 0 radical (unpaired) electrons. The van der Waals surface area contributed by atoms with Crippen LogP contribution >= 0.6 is 0 Å². The summed E-state index contributed by atoms with van der Waals surface area (Å²) in [6, 6.07) is 17.6. The molecule has 23 heavy (non-hydrogen) atoms. The van der Waals surface area contributed by atoms with Crippen LogP contribution in [-0.2, 0) is 0 Å². The summed E-state index contributed by atoms with van der Waals surface area (Å²) in [4.78, 5) is 14.3. The van der Waals surface area contributed by atoms with Gasteiger partial charge in [-0.25, -0.2) is 0 Å². The molecule has 1 unspecified atom stereocenters. The van der Waals surface area contributed by atoms with Gasteiger partial charge in [0.05, 0.1) is 19.2 Å². The first-order valence-electron chi connectivity index (χ1n) is 7.68. The van der Waals surface area contributed by atoms with Crippen molar-refractivity contribution in [3.05, 3.63) is 84.6 Å². The summed E-state index contributed by atoms with van der Waals surface area (Å²) in [5, 5.41) is 9.37. The zero-order valence-electron chi connectivity index (χ0n) is 12.8. The van der Waals surface area contributed by atoms with Gasteiger partial charge in [0.25, 0.3) is 0 Å². The third-order valence-electron chi connectivity index (χ3n) is 3.98. The molecule has 1 aliphatic heterocycles. The van der Waals surface area contributed by atoms with Gasteiger partial charge < -0.3 is 10.0 Å². The fourth-order valence-electron chi connectivity index (χ4n) is 2.65. The second kappa shape index (κ2) is 7.07. The van der Waals surface area contributed by atoms with Crippen LogP contribution in [-0.4, -0.2) is 35.0 Å². The van der Waals surface area contributed by atoms with Gasteiger partial charge in [-0.1, -0.05) is 66.7 Å². The highest BCUT2D eigenvalue weighted by Crippen LogP contribution is 2.20. The zero-order chi connectivity index (χ0) is 16.1. The van der Waals surface area contributed by atoms with E-state index in [4.69, 9.17) is 0 Å². The number of allylic oxidation sites excluding steroid dienone is 2. The van der Waals surface area contributed by atoms with Gasteiger partial charge >= 0.3 is 0 Å².